The van der Waals surface area contributed by atoms with E-state index in [9.17, 15) is 9.59 Å². The summed E-state index contributed by atoms with van der Waals surface area (Å²) in [6, 6.07) is 0. The lowest BCUT2D eigenvalue weighted by molar-refractivity contribution is -0.125. The Bertz CT molecular complexity index is 174. The van der Waals surface area contributed by atoms with Crippen LogP contribution in [0.5, 0.6) is 0 Å². The fourth-order valence-electron chi connectivity index (χ4n) is 0.497. The molecule has 2 amide bonds. The molecule has 6 heteroatoms. The van der Waals surface area contributed by atoms with Gasteiger partial charge in [-0.25, -0.2) is 0 Å². The number of rotatable bonds is 4. The Balaban J connectivity index is 3.64. The van der Waals surface area contributed by atoms with Crippen molar-refractivity contribution in [2.45, 2.75) is 5.94 Å². The van der Waals surface area contributed by atoms with Crippen molar-refractivity contribution in [3.8, 4) is 0 Å². The van der Waals surface area contributed by atoms with E-state index in [2.05, 4.69) is 16.0 Å². The topological polar surface area (TPSA) is 70.2 Å². The molecule has 0 saturated carbocycles. The number of nitrogens with one attached hydrogen (secondary N) is 3. The van der Waals surface area contributed by atoms with Gasteiger partial charge in [0.2, 0.25) is 11.8 Å². The van der Waals surface area contributed by atoms with E-state index in [1.54, 1.807) is 7.05 Å². The van der Waals surface area contributed by atoms with E-state index in [0.29, 0.717) is 0 Å². The van der Waals surface area contributed by atoms with Crippen LogP contribution in [0.4, 0.5) is 0 Å². The summed E-state index contributed by atoms with van der Waals surface area (Å²) in [5.74, 6) is -1.43. The molecule has 0 aromatic heterocycles. The third kappa shape index (κ3) is 3.97. The van der Waals surface area contributed by atoms with E-state index >= 15 is 0 Å². The van der Waals surface area contributed by atoms with Gasteiger partial charge >= 0.3 is 0 Å². The van der Waals surface area contributed by atoms with Crippen molar-refractivity contribution in [2.75, 3.05) is 20.6 Å². The first kappa shape index (κ1) is 11.0. The number of carbonyl (C=O) groups excluding carboxylic acids is 2. The molecule has 0 rings (SSSR count). The van der Waals surface area contributed by atoms with Crippen LogP contribution in [0.3, 0.4) is 0 Å². The minimum atomic E-state index is -0.769. The summed E-state index contributed by atoms with van der Waals surface area (Å²) < 4.78 is 0. The maximum atomic E-state index is 10.9. The molecular weight excluding hydrogens is 157 g/mol. The second kappa shape index (κ2) is 5.59. The zero-order valence-corrected chi connectivity index (χ0v) is 7.18. The van der Waals surface area contributed by atoms with Gasteiger partial charge in [0.15, 0.2) is 0 Å². The molecule has 0 aliphatic heterocycles. The van der Waals surface area contributed by atoms with Crippen LogP contribution in [-0.4, -0.2) is 46.2 Å². The van der Waals surface area contributed by atoms with Crippen molar-refractivity contribution in [3.63, 3.8) is 0 Å². The molecule has 1 atom stereocenters. The molecular formula is C6H12BN3O2. The van der Waals surface area contributed by atoms with Gasteiger partial charge in [0.1, 0.15) is 7.85 Å². The Hall–Kier alpha value is -1.04. The molecule has 0 heterocycles. The van der Waals surface area contributed by atoms with Crippen molar-refractivity contribution >= 4 is 19.7 Å². The van der Waals surface area contributed by atoms with Crippen LogP contribution in [0.15, 0.2) is 0 Å². The monoisotopic (exact) mass is 169 g/mol. The van der Waals surface area contributed by atoms with Gasteiger partial charge in [0.25, 0.3) is 0 Å². The van der Waals surface area contributed by atoms with Crippen molar-refractivity contribution in [1.29, 1.82) is 0 Å². The SMILES string of the molecule is [B]C(NC)C(=O)NCC(=O)NC. The molecule has 2 radical (unpaired) electrons. The first-order chi connectivity index (χ1) is 5.61. The van der Waals surface area contributed by atoms with Crippen molar-refractivity contribution < 1.29 is 9.59 Å². The Labute approximate surface area is 72.7 Å². The molecule has 0 saturated heterocycles. The van der Waals surface area contributed by atoms with Crippen LogP contribution < -0.4 is 16.0 Å². The van der Waals surface area contributed by atoms with Crippen LogP contribution in [-0.2, 0) is 9.59 Å². The third-order valence-corrected chi connectivity index (χ3v) is 1.30. The number of hydrogen-bond donors (Lipinski definition) is 3. The lowest BCUT2D eigenvalue weighted by atomic mass is 9.96. The van der Waals surface area contributed by atoms with Crippen molar-refractivity contribution in [2.24, 2.45) is 0 Å². The molecule has 5 nitrogen and oxygen atoms in total. The van der Waals surface area contributed by atoms with Gasteiger partial charge in [-0.15, -0.1) is 0 Å². The standard InChI is InChI=1S/C6H12BN3O2/c1-8-4(11)3-10-6(12)5(7)9-2/h5,9H,3H2,1-2H3,(H,8,11)(H,10,12). The van der Waals surface area contributed by atoms with E-state index in [-0.39, 0.29) is 12.5 Å². The second-order valence-electron chi connectivity index (χ2n) is 2.16. The minimum absolute atomic E-state index is 0.0509. The van der Waals surface area contributed by atoms with Crippen LogP contribution in [0.25, 0.3) is 0 Å². The highest BCUT2D eigenvalue weighted by Gasteiger charge is 2.09. The zero-order valence-electron chi connectivity index (χ0n) is 7.18. The normalized spacial score (nSPS) is 11.8. The summed E-state index contributed by atoms with van der Waals surface area (Å²) in [5.41, 5.74) is 0. The summed E-state index contributed by atoms with van der Waals surface area (Å²) in [4.78, 5) is 21.6. The van der Waals surface area contributed by atoms with Crippen LogP contribution in [0.1, 0.15) is 0 Å². The van der Waals surface area contributed by atoms with Crippen molar-refractivity contribution in [1.82, 2.24) is 16.0 Å². The van der Waals surface area contributed by atoms with Gasteiger partial charge in [-0.1, -0.05) is 0 Å². The molecule has 1 unspecified atom stereocenters. The Kier molecular flexibility index (Phi) is 5.11. The van der Waals surface area contributed by atoms with Gasteiger partial charge in [-0.2, -0.15) is 0 Å². The highest BCUT2D eigenvalue weighted by atomic mass is 16.2. The molecule has 0 aromatic rings. The average Bonchev–Trinajstić information content (AvgIpc) is 2.11. The third-order valence-electron chi connectivity index (χ3n) is 1.30. The fourth-order valence-corrected chi connectivity index (χ4v) is 0.497. The number of hydrogen-bond acceptors (Lipinski definition) is 3. The highest BCUT2D eigenvalue weighted by molar-refractivity contribution is 6.23. The molecule has 0 aromatic carbocycles. The maximum absolute atomic E-state index is 10.9. The molecule has 12 heavy (non-hydrogen) atoms. The van der Waals surface area contributed by atoms with E-state index in [0.717, 1.165) is 0 Å². The summed E-state index contributed by atoms with van der Waals surface area (Å²) in [6.07, 6.45) is 0. The van der Waals surface area contributed by atoms with E-state index in [1.165, 1.54) is 7.05 Å². The summed E-state index contributed by atoms with van der Waals surface area (Å²) in [6.45, 7) is -0.0509. The predicted octanol–water partition coefficient (Wildman–Crippen LogP) is -2.44. The van der Waals surface area contributed by atoms with E-state index in [4.69, 9.17) is 7.85 Å². The zero-order chi connectivity index (χ0) is 9.56. The lowest BCUT2D eigenvalue weighted by Gasteiger charge is -2.10. The Morgan fingerprint density at radius 2 is 2.00 bits per heavy atom. The van der Waals surface area contributed by atoms with Crippen LogP contribution in [0, 0.1) is 0 Å². The first-order valence-corrected chi connectivity index (χ1v) is 3.53. The van der Waals surface area contributed by atoms with Gasteiger partial charge in [0, 0.05) is 13.0 Å². The molecule has 3 N–H and O–H groups in total. The summed E-state index contributed by atoms with van der Waals surface area (Å²) >= 11 is 0. The largest absolute Gasteiger partial charge is 0.358 e. The van der Waals surface area contributed by atoms with Crippen LogP contribution in [0.2, 0.25) is 0 Å². The van der Waals surface area contributed by atoms with Gasteiger partial charge < -0.3 is 16.0 Å². The van der Waals surface area contributed by atoms with Gasteiger partial charge in [-0.3, -0.25) is 9.59 Å². The van der Waals surface area contributed by atoms with E-state index in [1.807, 2.05) is 0 Å². The average molecular weight is 169 g/mol. The van der Waals surface area contributed by atoms with Gasteiger partial charge in [0.05, 0.1) is 6.54 Å². The highest BCUT2D eigenvalue weighted by Crippen LogP contribution is 1.73. The van der Waals surface area contributed by atoms with Crippen LogP contribution >= 0.6 is 0 Å². The molecule has 0 spiro atoms. The van der Waals surface area contributed by atoms with Gasteiger partial charge in [-0.05, 0) is 7.05 Å². The molecule has 0 bridgehead atoms. The summed E-state index contributed by atoms with van der Waals surface area (Å²) in [7, 11) is 8.34. The fraction of sp³-hybridized carbons (Fsp3) is 0.667. The summed E-state index contributed by atoms with van der Waals surface area (Å²) in [5, 5.41) is 7.25. The quantitative estimate of drug-likeness (QED) is 0.409. The number of likely N-dealkylation sites (N-methyl/N-ethyl adjacent to an activating group) is 2. The maximum Gasteiger partial charge on any atom is 0.239 e. The molecule has 0 aliphatic carbocycles. The second-order valence-corrected chi connectivity index (χ2v) is 2.16. The molecule has 66 valence electrons. The first-order valence-electron chi connectivity index (χ1n) is 3.53. The predicted molar refractivity (Wildman–Crippen MR) is 45.7 cm³/mol. The Morgan fingerprint density at radius 1 is 1.42 bits per heavy atom. The molecule has 0 fully saturated rings. The smallest absolute Gasteiger partial charge is 0.239 e. The lowest BCUT2D eigenvalue weighted by Crippen LogP contribution is -2.45. The minimum Gasteiger partial charge on any atom is -0.358 e. The number of amides is 2. The van der Waals surface area contributed by atoms with E-state index < -0.39 is 11.8 Å². The number of carbonyl (C=O) groups is 2. The Morgan fingerprint density at radius 3 is 2.42 bits per heavy atom. The van der Waals surface area contributed by atoms with Crippen molar-refractivity contribution in [3.05, 3.63) is 0 Å². The molecule has 0 aliphatic rings.